The van der Waals surface area contributed by atoms with Crippen molar-refractivity contribution in [2.45, 2.75) is 0 Å². The number of hydrogen-bond acceptors (Lipinski definition) is 2. The van der Waals surface area contributed by atoms with Gasteiger partial charge < -0.3 is 0 Å². The molecule has 0 saturated heterocycles. The number of aromatic nitrogens is 2. The lowest BCUT2D eigenvalue weighted by molar-refractivity contribution is 0.903. The lowest BCUT2D eigenvalue weighted by Gasteiger charge is -1.88. The van der Waals surface area contributed by atoms with Crippen molar-refractivity contribution >= 4 is 23.4 Å². The standard InChI is InChI=1S/C4H2Cl2N2O/c5-3-1-2-4(9)8(6)7-3/h1-2H. The minimum Gasteiger partial charge on any atom is -0.266 e. The van der Waals surface area contributed by atoms with Crippen LogP contribution in [0.25, 0.3) is 0 Å². The van der Waals surface area contributed by atoms with Gasteiger partial charge in [0, 0.05) is 17.8 Å². The van der Waals surface area contributed by atoms with E-state index in [4.69, 9.17) is 23.4 Å². The summed E-state index contributed by atoms with van der Waals surface area (Å²) in [6.45, 7) is 0. The molecule has 48 valence electrons. The first-order valence-corrected chi connectivity index (χ1v) is 2.84. The molecule has 9 heavy (non-hydrogen) atoms. The zero-order valence-corrected chi connectivity index (χ0v) is 5.73. The van der Waals surface area contributed by atoms with Crippen molar-refractivity contribution in [1.29, 1.82) is 0 Å². The molecule has 0 spiro atoms. The van der Waals surface area contributed by atoms with Gasteiger partial charge in [-0.15, -0.1) is 9.30 Å². The quantitative estimate of drug-likeness (QED) is 0.572. The first kappa shape index (κ1) is 6.58. The van der Waals surface area contributed by atoms with Gasteiger partial charge in [-0.3, -0.25) is 4.79 Å². The van der Waals surface area contributed by atoms with E-state index in [9.17, 15) is 4.79 Å². The summed E-state index contributed by atoms with van der Waals surface area (Å²) in [7, 11) is 0. The highest BCUT2D eigenvalue weighted by molar-refractivity contribution is 6.29. The molecule has 3 nitrogen and oxygen atoms in total. The first-order chi connectivity index (χ1) is 4.20. The minimum atomic E-state index is -0.388. The SMILES string of the molecule is O=c1ccc(Cl)nn1Cl. The summed E-state index contributed by atoms with van der Waals surface area (Å²) in [4.78, 5) is 10.5. The van der Waals surface area contributed by atoms with E-state index in [1.807, 2.05) is 0 Å². The molecule has 1 heterocycles. The van der Waals surface area contributed by atoms with E-state index < -0.39 is 0 Å². The summed E-state index contributed by atoms with van der Waals surface area (Å²) in [5.41, 5.74) is -0.388. The molecule has 1 aromatic heterocycles. The number of halogens is 2. The zero-order chi connectivity index (χ0) is 6.85. The van der Waals surface area contributed by atoms with Crippen molar-refractivity contribution < 1.29 is 0 Å². The molecule has 5 heteroatoms. The third-order valence-electron chi connectivity index (χ3n) is 0.729. The van der Waals surface area contributed by atoms with Gasteiger partial charge in [0.15, 0.2) is 5.15 Å². The Morgan fingerprint density at radius 3 is 2.67 bits per heavy atom. The Hall–Kier alpha value is -0.540. The van der Waals surface area contributed by atoms with E-state index in [0.717, 1.165) is 0 Å². The molecule has 0 fully saturated rings. The molecule has 0 aliphatic carbocycles. The Morgan fingerprint density at radius 1 is 1.56 bits per heavy atom. The lowest BCUT2D eigenvalue weighted by Crippen LogP contribution is -2.12. The van der Waals surface area contributed by atoms with Gasteiger partial charge in [-0.25, -0.2) is 0 Å². The van der Waals surface area contributed by atoms with Crippen LogP contribution < -0.4 is 5.56 Å². The normalized spacial score (nSPS) is 9.56. The van der Waals surface area contributed by atoms with Crippen LogP contribution in [-0.4, -0.2) is 9.30 Å². The summed E-state index contributed by atoms with van der Waals surface area (Å²) in [6.07, 6.45) is 0. The molecule has 1 rings (SSSR count). The Bertz CT molecular complexity index is 270. The molecule has 0 atom stereocenters. The Morgan fingerprint density at radius 2 is 2.22 bits per heavy atom. The molecule has 0 amide bonds. The lowest BCUT2D eigenvalue weighted by atomic mass is 10.6. The predicted molar refractivity (Wildman–Crippen MR) is 34.8 cm³/mol. The van der Waals surface area contributed by atoms with Crippen LogP contribution in [0.15, 0.2) is 16.9 Å². The Kier molecular flexibility index (Phi) is 1.73. The highest BCUT2D eigenvalue weighted by Crippen LogP contribution is 1.97. The van der Waals surface area contributed by atoms with Crippen molar-refractivity contribution in [3.63, 3.8) is 0 Å². The monoisotopic (exact) mass is 164 g/mol. The van der Waals surface area contributed by atoms with Crippen LogP contribution in [0.4, 0.5) is 0 Å². The average Bonchev–Trinajstić information content (AvgIpc) is 1.80. The van der Waals surface area contributed by atoms with Crippen molar-refractivity contribution in [1.82, 2.24) is 9.30 Å². The molecule has 1 aromatic rings. The molecule has 0 bridgehead atoms. The van der Waals surface area contributed by atoms with Gasteiger partial charge in [0.05, 0.1) is 0 Å². The molecule has 0 saturated carbocycles. The third-order valence-corrected chi connectivity index (χ3v) is 1.17. The van der Waals surface area contributed by atoms with Gasteiger partial charge in [-0.05, 0) is 6.07 Å². The van der Waals surface area contributed by atoms with E-state index in [2.05, 4.69) is 5.10 Å². The molecule has 0 radical (unpaired) electrons. The second kappa shape index (κ2) is 2.37. The van der Waals surface area contributed by atoms with E-state index in [0.29, 0.717) is 4.20 Å². The first-order valence-electron chi connectivity index (χ1n) is 2.12. The molecule has 0 aliphatic heterocycles. The number of hydrogen-bond donors (Lipinski definition) is 0. The van der Waals surface area contributed by atoms with Gasteiger partial charge in [0.25, 0.3) is 5.56 Å². The van der Waals surface area contributed by atoms with E-state index >= 15 is 0 Å². The van der Waals surface area contributed by atoms with Crippen LogP contribution >= 0.6 is 23.4 Å². The highest BCUT2D eigenvalue weighted by Gasteiger charge is 1.91. The van der Waals surface area contributed by atoms with E-state index in [1.165, 1.54) is 12.1 Å². The number of nitrogens with zero attached hydrogens (tertiary/aromatic N) is 2. The fourth-order valence-electron chi connectivity index (χ4n) is 0.368. The Labute approximate surface area is 60.9 Å². The van der Waals surface area contributed by atoms with Crippen LogP contribution in [0, 0.1) is 0 Å². The van der Waals surface area contributed by atoms with Gasteiger partial charge >= 0.3 is 0 Å². The smallest absolute Gasteiger partial charge is 0.266 e. The fourth-order valence-corrected chi connectivity index (χ4v) is 0.683. The van der Waals surface area contributed by atoms with Crippen LogP contribution in [0.5, 0.6) is 0 Å². The van der Waals surface area contributed by atoms with Crippen molar-refractivity contribution in [3.8, 4) is 0 Å². The third kappa shape index (κ3) is 1.43. The molecule has 0 aromatic carbocycles. The molecule has 0 aliphatic rings. The maximum Gasteiger partial charge on any atom is 0.282 e. The minimum absolute atomic E-state index is 0.199. The van der Waals surface area contributed by atoms with E-state index in [1.54, 1.807) is 0 Å². The zero-order valence-electron chi connectivity index (χ0n) is 4.21. The van der Waals surface area contributed by atoms with Crippen molar-refractivity contribution in [2.75, 3.05) is 0 Å². The predicted octanol–water partition coefficient (Wildman–Crippen LogP) is 0.899. The summed E-state index contributed by atoms with van der Waals surface area (Å²) >= 11 is 10.6. The van der Waals surface area contributed by atoms with Gasteiger partial charge in [0.2, 0.25) is 0 Å². The molecule has 0 unspecified atom stereocenters. The summed E-state index contributed by atoms with van der Waals surface area (Å²) < 4.78 is 0.655. The molecular weight excluding hydrogens is 163 g/mol. The topological polar surface area (TPSA) is 34.9 Å². The summed E-state index contributed by atoms with van der Waals surface area (Å²) in [5, 5.41) is 3.61. The summed E-state index contributed by atoms with van der Waals surface area (Å²) in [5.74, 6) is 0. The maximum atomic E-state index is 10.5. The summed E-state index contributed by atoms with van der Waals surface area (Å²) in [6, 6.07) is 2.62. The van der Waals surface area contributed by atoms with Crippen LogP contribution in [0.1, 0.15) is 0 Å². The van der Waals surface area contributed by atoms with Crippen molar-refractivity contribution in [2.24, 2.45) is 0 Å². The van der Waals surface area contributed by atoms with Crippen LogP contribution in [-0.2, 0) is 0 Å². The second-order valence-electron chi connectivity index (χ2n) is 1.35. The van der Waals surface area contributed by atoms with Crippen molar-refractivity contribution in [3.05, 3.63) is 27.6 Å². The molecule has 0 N–H and O–H groups in total. The second-order valence-corrected chi connectivity index (χ2v) is 2.06. The van der Waals surface area contributed by atoms with Gasteiger partial charge in [0.1, 0.15) is 0 Å². The number of rotatable bonds is 0. The molecular formula is C4H2Cl2N2O. The van der Waals surface area contributed by atoms with Gasteiger partial charge in [-0.1, -0.05) is 11.6 Å². The van der Waals surface area contributed by atoms with Crippen LogP contribution in [0.3, 0.4) is 0 Å². The largest absolute Gasteiger partial charge is 0.282 e. The Balaban J connectivity index is 3.34. The van der Waals surface area contributed by atoms with Crippen LogP contribution in [0.2, 0.25) is 5.15 Å². The average molecular weight is 165 g/mol. The highest BCUT2D eigenvalue weighted by atomic mass is 35.5. The maximum absolute atomic E-state index is 10.5. The van der Waals surface area contributed by atoms with Gasteiger partial charge in [-0.2, -0.15) is 0 Å². The van der Waals surface area contributed by atoms with E-state index in [-0.39, 0.29) is 10.7 Å². The fraction of sp³-hybridized carbons (Fsp3) is 0.